The molecule has 1 aliphatic rings. The van der Waals surface area contributed by atoms with E-state index in [1.165, 1.54) is 0 Å². The quantitative estimate of drug-likeness (QED) is 0.542. The minimum Gasteiger partial charge on any atom is -0.331 e. The van der Waals surface area contributed by atoms with Crippen LogP contribution < -0.4 is 5.32 Å². The van der Waals surface area contributed by atoms with Gasteiger partial charge in [-0.25, -0.2) is 4.68 Å². The fourth-order valence-corrected chi connectivity index (χ4v) is 1.09. The van der Waals surface area contributed by atoms with Crippen LogP contribution >= 0.6 is 0 Å². The molecule has 0 unspecified atom stereocenters. The summed E-state index contributed by atoms with van der Waals surface area (Å²) >= 11 is 0. The van der Waals surface area contributed by atoms with Crippen LogP contribution in [0.1, 0.15) is 16.2 Å². The summed E-state index contributed by atoms with van der Waals surface area (Å²) in [6, 6.07) is 1.78. The van der Waals surface area contributed by atoms with E-state index in [4.69, 9.17) is 0 Å². The van der Waals surface area contributed by atoms with Crippen molar-refractivity contribution in [2.75, 3.05) is 0 Å². The van der Waals surface area contributed by atoms with Crippen molar-refractivity contribution in [2.24, 2.45) is 0 Å². The van der Waals surface area contributed by atoms with E-state index in [0.29, 0.717) is 12.4 Å². The lowest BCUT2D eigenvalue weighted by molar-refractivity contribution is 0.0965. The number of rotatable bonds is 0. The number of hydrogen-bond donors (Lipinski definition) is 1. The largest absolute Gasteiger partial charge is 0.331 e. The number of carbonyl (C=O) groups is 1. The molecule has 4 nitrogen and oxygen atoms in total. The van der Waals surface area contributed by atoms with Crippen molar-refractivity contribution in [3.05, 3.63) is 17.5 Å². The van der Waals surface area contributed by atoms with Crippen LogP contribution in [0.3, 0.4) is 0 Å². The van der Waals surface area contributed by atoms with Crippen molar-refractivity contribution in [2.45, 2.75) is 13.6 Å². The van der Waals surface area contributed by atoms with Crippen molar-refractivity contribution in [1.82, 2.24) is 15.1 Å². The van der Waals surface area contributed by atoms with Crippen molar-refractivity contribution in [3.63, 3.8) is 0 Å². The van der Waals surface area contributed by atoms with Crippen LogP contribution in [0.5, 0.6) is 0 Å². The Morgan fingerprint density at radius 3 is 3.30 bits per heavy atom. The predicted octanol–water partition coefficient (Wildman–Crippen LogP) is -0.108. The first-order valence-corrected chi connectivity index (χ1v) is 3.10. The van der Waals surface area contributed by atoms with Crippen LogP contribution in [0.2, 0.25) is 0 Å². The number of aromatic nitrogens is 2. The van der Waals surface area contributed by atoms with Gasteiger partial charge in [0.1, 0.15) is 12.4 Å². The molecule has 1 aromatic heterocycles. The van der Waals surface area contributed by atoms with Crippen LogP contribution in [0.15, 0.2) is 6.07 Å². The molecule has 0 saturated carbocycles. The zero-order chi connectivity index (χ0) is 7.14. The monoisotopic (exact) mass is 137 g/mol. The molecule has 1 aromatic rings. The van der Waals surface area contributed by atoms with Gasteiger partial charge in [-0.05, 0) is 13.0 Å². The highest BCUT2D eigenvalue weighted by Crippen LogP contribution is 2.06. The number of fused-ring (bicyclic) bond motifs is 1. The highest BCUT2D eigenvalue weighted by Gasteiger charge is 2.19. The molecule has 0 aromatic carbocycles. The van der Waals surface area contributed by atoms with Gasteiger partial charge in [0.05, 0.1) is 5.69 Å². The molecule has 1 N–H and O–H groups in total. The second kappa shape index (κ2) is 1.59. The maximum atomic E-state index is 10.9. The van der Waals surface area contributed by atoms with Gasteiger partial charge < -0.3 is 5.32 Å². The highest BCUT2D eigenvalue weighted by atomic mass is 16.2. The summed E-state index contributed by atoms with van der Waals surface area (Å²) in [5, 5.41) is 6.73. The topological polar surface area (TPSA) is 46.9 Å². The first kappa shape index (κ1) is 5.46. The Bertz CT molecular complexity index is 289. The SMILES string of the molecule is Cc1cc2n(n1)CNC2=O. The lowest BCUT2D eigenvalue weighted by atomic mass is 10.4. The summed E-state index contributed by atoms with van der Waals surface area (Å²) in [7, 11) is 0. The van der Waals surface area contributed by atoms with Crippen LogP contribution in [0.4, 0.5) is 0 Å². The number of aryl methyl sites for hydroxylation is 1. The molecule has 0 fully saturated rings. The standard InChI is InChI=1S/C6H7N3O/c1-4-2-5-6(10)7-3-9(5)8-4/h2H,3H2,1H3,(H,7,10). The summed E-state index contributed by atoms with van der Waals surface area (Å²) < 4.78 is 1.66. The van der Waals surface area contributed by atoms with Crippen LogP contribution in [0.25, 0.3) is 0 Å². The van der Waals surface area contributed by atoms with Gasteiger partial charge in [-0.15, -0.1) is 0 Å². The Labute approximate surface area is 57.8 Å². The fraction of sp³-hybridized carbons (Fsp3) is 0.333. The van der Waals surface area contributed by atoms with E-state index in [2.05, 4.69) is 10.4 Å². The second-order valence-electron chi connectivity index (χ2n) is 2.33. The first-order chi connectivity index (χ1) is 4.77. The van der Waals surface area contributed by atoms with Gasteiger partial charge in [-0.1, -0.05) is 0 Å². The highest BCUT2D eigenvalue weighted by molar-refractivity contribution is 5.94. The van der Waals surface area contributed by atoms with E-state index in [-0.39, 0.29) is 5.91 Å². The Kier molecular flexibility index (Phi) is 0.869. The third-order valence-corrected chi connectivity index (χ3v) is 1.52. The van der Waals surface area contributed by atoms with Gasteiger partial charge in [-0.3, -0.25) is 4.79 Å². The van der Waals surface area contributed by atoms with Crippen LogP contribution in [0, 0.1) is 6.92 Å². The Morgan fingerprint density at radius 1 is 1.80 bits per heavy atom. The Hall–Kier alpha value is -1.32. The molecule has 1 amide bonds. The molecule has 1 aliphatic heterocycles. The van der Waals surface area contributed by atoms with Crippen LogP contribution in [-0.2, 0) is 6.67 Å². The second-order valence-corrected chi connectivity index (χ2v) is 2.33. The summed E-state index contributed by atoms with van der Waals surface area (Å²) in [5.41, 5.74) is 1.56. The van der Waals surface area contributed by atoms with Crippen molar-refractivity contribution < 1.29 is 4.79 Å². The Balaban J connectivity index is 2.59. The summed E-state index contributed by atoms with van der Waals surface area (Å²) in [6.07, 6.45) is 0. The minimum atomic E-state index is -0.0272. The lowest BCUT2D eigenvalue weighted by Gasteiger charge is -1.88. The summed E-state index contributed by atoms with van der Waals surface area (Å²) in [4.78, 5) is 10.9. The average molecular weight is 137 g/mol. The lowest BCUT2D eigenvalue weighted by Crippen LogP contribution is -2.13. The number of carbonyl (C=O) groups excluding carboxylic acids is 1. The van der Waals surface area contributed by atoms with E-state index in [1.807, 2.05) is 6.92 Å². The zero-order valence-electron chi connectivity index (χ0n) is 5.59. The van der Waals surface area contributed by atoms with E-state index in [0.717, 1.165) is 5.69 Å². The molecule has 2 rings (SSSR count). The average Bonchev–Trinajstić information content (AvgIpc) is 2.35. The number of nitrogens with zero attached hydrogens (tertiary/aromatic N) is 2. The van der Waals surface area contributed by atoms with E-state index in [1.54, 1.807) is 10.7 Å². The zero-order valence-corrected chi connectivity index (χ0v) is 5.59. The number of nitrogens with one attached hydrogen (secondary N) is 1. The third-order valence-electron chi connectivity index (χ3n) is 1.52. The molecule has 0 radical (unpaired) electrons. The third kappa shape index (κ3) is 0.556. The van der Waals surface area contributed by atoms with E-state index < -0.39 is 0 Å². The molecular weight excluding hydrogens is 130 g/mol. The van der Waals surface area contributed by atoms with Gasteiger partial charge in [0, 0.05) is 0 Å². The van der Waals surface area contributed by atoms with Gasteiger partial charge in [0.2, 0.25) is 0 Å². The molecule has 0 atom stereocenters. The molecule has 2 heterocycles. The molecule has 52 valence electrons. The number of hydrogen-bond acceptors (Lipinski definition) is 2. The number of amides is 1. The molecule has 0 bridgehead atoms. The molecule has 0 spiro atoms. The normalized spacial score (nSPS) is 15.1. The molecule has 0 aliphatic carbocycles. The smallest absolute Gasteiger partial charge is 0.271 e. The maximum absolute atomic E-state index is 10.9. The van der Waals surface area contributed by atoms with Crippen LogP contribution in [-0.4, -0.2) is 15.7 Å². The fourth-order valence-electron chi connectivity index (χ4n) is 1.09. The van der Waals surface area contributed by atoms with E-state index >= 15 is 0 Å². The van der Waals surface area contributed by atoms with Crippen molar-refractivity contribution in [1.29, 1.82) is 0 Å². The van der Waals surface area contributed by atoms with Gasteiger partial charge in [0.25, 0.3) is 5.91 Å². The maximum Gasteiger partial charge on any atom is 0.271 e. The molecule has 4 heteroatoms. The van der Waals surface area contributed by atoms with Crippen molar-refractivity contribution in [3.8, 4) is 0 Å². The van der Waals surface area contributed by atoms with Gasteiger partial charge in [0.15, 0.2) is 0 Å². The van der Waals surface area contributed by atoms with Gasteiger partial charge in [-0.2, -0.15) is 5.10 Å². The van der Waals surface area contributed by atoms with E-state index in [9.17, 15) is 4.79 Å². The first-order valence-electron chi connectivity index (χ1n) is 3.10. The summed E-state index contributed by atoms with van der Waals surface area (Å²) in [6.45, 7) is 2.39. The van der Waals surface area contributed by atoms with Crippen molar-refractivity contribution >= 4 is 5.91 Å². The molecule has 0 saturated heterocycles. The molecular formula is C6H7N3O. The summed E-state index contributed by atoms with van der Waals surface area (Å²) in [5.74, 6) is -0.0272. The predicted molar refractivity (Wildman–Crippen MR) is 34.4 cm³/mol. The Morgan fingerprint density at radius 2 is 2.60 bits per heavy atom. The van der Waals surface area contributed by atoms with Gasteiger partial charge >= 0.3 is 0 Å². The minimum absolute atomic E-state index is 0.0272. The molecule has 10 heavy (non-hydrogen) atoms.